The van der Waals surface area contributed by atoms with Crippen LogP contribution in [-0.4, -0.2) is 10.8 Å². The third-order valence-electron chi connectivity index (χ3n) is 5.31. The second kappa shape index (κ2) is 9.72. The second-order valence-electron chi connectivity index (χ2n) is 7.53. The molecule has 4 aromatic carbocycles. The molecule has 0 radical (unpaired) electrons. The molecule has 1 atom stereocenters. The quantitative estimate of drug-likeness (QED) is 0.189. The van der Waals surface area contributed by atoms with Crippen molar-refractivity contribution < 1.29 is 9.21 Å². The molecule has 4 heteroatoms. The lowest BCUT2D eigenvalue weighted by Crippen LogP contribution is -2.10. The van der Waals surface area contributed by atoms with Crippen molar-refractivity contribution in [2.75, 3.05) is 0 Å². The smallest absolute Gasteiger partial charge is 0.257 e. The Bertz CT molecular complexity index is 1280. The van der Waals surface area contributed by atoms with Crippen LogP contribution in [0.25, 0.3) is 22.6 Å². The Kier molecular flexibility index (Phi) is 6.18. The van der Waals surface area contributed by atoms with Gasteiger partial charge in [0.2, 0.25) is 0 Å². The molecule has 0 fully saturated rings. The van der Waals surface area contributed by atoms with Gasteiger partial charge in [0.15, 0.2) is 11.5 Å². The van der Waals surface area contributed by atoms with E-state index in [9.17, 15) is 4.79 Å². The van der Waals surface area contributed by atoms with Crippen molar-refractivity contribution in [2.24, 2.45) is 0 Å². The number of aromatic nitrogens is 1. The van der Waals surface area contributed by atoms with Crippen LogP contribution in [0.5, 0.6) is 0 Å². The monoisotopic (exact) mass is 447 g/mol. The summed E-state index contributed by atoms with van der Waals surface area (Å²) in [6.45, 7) is 0. The van der Waals surface area contributed by atoms with Crippen LogP contribution < -0.4 is 0 Å². The number of rotatable bonds is 7. The van der Waals surface area contributed by atoms with Crippen molar-refractivity contribution in [1.82, 2.24) is 4.98 Å². The Morgan fingerprint density at radius 2 is 1.18 bits per heavy atom. The number of oxazole rings is 1. The van der Waals surface area contributed by atoms with E-state index in [1.54, 1.807) is 0 Å². The van der Waals surface area contributed by atoms with Gasteiger partial charge in [-0.3, -0.25) is 4.79 Å². The van der Waals surface area contributed by atoms with Crippen LogP contribution in [-0.2, 0) is 0 Å². The molecule has 0 saturated heterocycles. The summed E-state index contributed by atoms with van der Waals surface area (Å²) in [6, 6.07) is 39.1. The molecule has 5 aromatic rings. The molecule has 0 aliphatic carbocycles. The van der Waals surface area contributed by atoms with Crippen LogP contribution in [0.3, 0.4) is 0 Å². The lowest BCUT2D eigenvalue weighted by molar-refractivity contribution is 0.0989. The van der Waals surface area contributed by atoms with E-state index in [0.717, 1.165) is 22.4 Å². The van der Waals surface area contributed by atoms with Crippen molar-refractivity contribution in [2.45, 2.75) is 10.5 Å². The highest BCUT2D eigenvalue weighted by atomic mass is 32.2. The third kappa shape index (κ3) is 4.66. The molecular weight excluding hydrogens is 426 g/mol. The molecule has 0 saturated carbocycles. The predicted molar refractivity (Wildman–Crippen MR) is 133 cm³/mol. The number of hydrogen-bond donors (Lipinski definition) is 0. The number of nitrogens with zero attached hydrogens (tertiary/aromatic N) is 1. The average Bonchev–Trinajstić information content (AvgIpc) is 3.33. The van der Waals surface area contributed by atoms with Gasteiger partial charge in [-0.1, -0.05) is 133 Å². The topological polar surface area (TPSA) is 43.1 Å². The Balaban J connectivity index is 1.57. The first-order valence-corrected chi connectivity index (χ1v) is 11.6. The fourth-order valence-electron chi connectivity index (χ4n) is 3.68. The van der Waals surface area contributed by atoms with Gasteiger partial charge >= 0.3 is 0 Å². The van der Waals surface area contributed by atoms with E-state index in [2.05, 4.69) is 0 Å². The maximum absolute atomic E-state index is 13.5. The lowest BCUT2D eigenvalue weighted by Gasteiger charge is -2.14. The number of carbonyl (C=O) groups is 1. The highest BCUT2D eigenvalue weighted by Crippen LogP contribution is 2.42. The molecule has 1 aromatic heterocycles. The molecule has 0 bridgehead atoms. The number of ketones is 1. The summed E-state index contributed by atoms with van der Waals surface area (Å²) in [7, 11) is 0. The zero-order valence-electron chi connectivity index (χ0n) is 17.8. The van der Waals surface area contributed by atoms with E-state index >= 15 is 0 Å². The SMILES string of the molecule is O=C(c1ccccc1)C(Sc1nc(-c2ccccc2)c(-c2ccccc2)o1)c1ccccc1. The summed E-state index contributed by atoms with van der Waals surface area (Å²) >= 11 is 1.34. The van der Waals surface area contributed by atoms with Gasteiger partial charge in [0.25, 0.3) is 5.22 Å². The molecule has 1 unspecified atom stereocenters. The fraction of sp³-hybridized carbons (Fsp3) is 0.0345. The summed E-state index contributed by atoms with van der Waals surface area (Å²) < 4.78 is 6.29. The maximum atomic E-state index is 13.5. The van der Waals surface area contributed by atoms with Gasteiger partial charge < -0.3 is 4.42 Å². The van der Waals surface area contributed by atoms with Gasteiger partial charge in [-0.05, 0) is 5.56 Å². The summed E-state index contributed by atoms with van der Waals surface area (Å²) in [5, 5.41) is -0.00895. The minimum atomic E-state index is -0.473. The van der Waals surface area contributed by atoms with Crippen LogP contribution in [0.15, 0.2) is 131 Å². The fourth-order valence-corrected chi connectivity index (χ4v) is 4.70. The number of benzene rings is 4. The van der Waals surface area contributed by atoms with Crippen molar-refractivity contribution in [3.8, 4) is 22.6 Å². The van der Waals surface area contributed by atoms with Gasteiger partial charge in [-0.25, -0.2) is 4.98 Å². The van der Waals surface area contributed by atoms with Crippen LogP contribution in [0.4, 0.5) is 0 Å². The summed E-state index contributed by atoms with van der Waals surface area (Å²) in [5.74, 6) is 0.718. The first-order chi connectivity index (χ1) is 16.3. The average molecular weight is 448 g/mol. The van der Waals surface area contributed by atoms with Crippen LogP contribution >= 0.6 is 11.8 Å². The van der Waals surface area contributed by atoms with Gasteiger partial charge in [-0.15, -0.1) is 0 Å². The Hall–Kier alpha value is -3.89. The Labute approximate surface area is 197 Å². The standard InChI is InChI=1S/C29H21NO2S/c31-26(22-15-7-2-8-16-22)28(24-19-11-4-12-20-24)33-29-30-25(21-13-5-1-6-14-21)27(32-29)23-17-9-3-10-18-23/h1-20,28H. The van der Waals surface area contributed by atoms with E-state index in [0.29, 0.717) is 16.5 Å². The Morgan fingerprint density at radius 1 is 0.667 bits per heavy atom. The van der Waals surface area contributed by atoms with Crippen LogP contribution in [0.2, 0.25) is 0 Å². The molecule has 0 aliphatic rings. The van der Waals surface area contributed by atoms with Crippen molar-refractivity contribution in [3.05, 3.63) is 132 Å². The molecule has 33 heavy (non-hydrogen) atoms. The number of thioether (sulfide) groups is 1. The maximum Gasteiger partial charge on any atom is 0.257 e. The highest BCUT2D eigenvalue weighted by molar-refractivity contribution is 8.00. The third-order valence-corrected chi connectivity index (χ3v) is 6.41. The van der Waals surface area contributed by atoms with E-state index < -0.39 is 5.25 Å². The second-order valence-corrected chi connectivity index (χ2v) is 8.58. The molecule has 1 heterocycles. The molecular formula is C29H21NO2S. The zero-order valence-corrected chi connectivity index (χ0v) is 18.6. The van der Waals surface area contributed by atoms with Gasteiger partial charge in [0.05, 0.1) is 0 Å². The molecule has 0 amide bonds. The minimum absolute atomic E-state index is 0.0209. The number of hydrogen-bond acceptors (Lipinski definition) is 4. The van der Waals surface area contributed by atoms with Gasteiger partial charge in [0, 0.05) is 16.7 Å². The van der Waals surface area contributed by atoms with E-state index in [-0.39, 0.29) is 5.78 Å². The first kappa shape index (κ1) is 21.0. The molecule has 5 rings (SSSR count). The molecule has 3 nitrogen and oxygen atoms in total. The van der Waals surface area contributed by atoms with E-state index in [4.69, 9.17) is 9.40 Å². The zero-order chi connectivity index (χ0) is 22.5. The number of carbonyl (C=O) groups excluding carboxylic acids is 1. The van der Waals surface area contributed by atoms with E-state index in [1.807, 2.05) is 121 Å². The van der Waals surface area contributed by atoms with E-state index in [1.165, 1.54) is 11.8 Å². The van der Waals surface area contributed by atoms with Crippen LogP contribution in [0, 0.1) is 0 Å². The van der Waals surface area contributed by atoms with Crippen molar-refractivity contribution in [3.63, 3.8) is 0 Å². The summed E-state index contributed by atoms with van der Waals surface area (Å²) in [4.78, 5) is 18.3. The van der Waals surface area contributed by atoms with Gasteiger partial charge in [-0.2, -0.15) is 0 Å². The first-order valence-electron chi connectivity index (χ1n) is 10.7. The summed E-state index contributed by atoms with van der Waals surface area (Å²) in [6.07, 6.45) is 0. The minimum Gasteiger partial charge on any atom is -0.431 e. The van der Waals surface area contributed by atoms with Gasteiger partial charge in [0.1, 0.15) is 10.9 Å². The normalized spacial score (nSPS) is 11.8. The van der Waals surface area contributed by atoms with Crippen molar-refractivity contribution in [1.29, 1.82) is 0 Å². The predicted octanol–water partition coefficient (Wildman–Crippen LogP) is 7.72. The molecule has 0 N–H and O–H groups in total. The molecule has 160 valence electrons. The largest absolute Gasteiger partial charge is 0.431 e. The number of Topliss-reactive ketones (excluding diaryl/α,β-unsaturated/α-hetero) is 1. The Morgan fingerprint density at radius 3 is 1.79 bits per heavy atom. The highest BCUT2D eigenvalue weighted by Gasteiger charge is 2.27. The molecule has 0 aliphatic heterocycles. The summed E-state index contributed by atoms with van der Waals surface area (Å²) in [5.41, 5.74) is 4.26. The molecule has 0 spiro atoms. The lowest BCUT2D eigenvalue weighted by atomic mass is 10.0. The van der Waals surface area contributed by atoms with Crippen molar-refractivity contribution >= 4 is 17.5 Å². The van der Waals surface area contributed by atoms with Crippen LogP contribution in [0.1, 0.15) is 21.2 Å².